The molecule has 6 heavy (non-hydrogen) atoms. The first-order chi connectivity index (χ1) is 2.83. The van der Waals surface area contributed by atoms with Crippen LogP contribution in [0.15, 0.2) is 12.8 Å². The Balaban J connectivity index is 0. The second kappa shape index (κ2) is 24.0. The summed E-state index contributed by atoms with van der Waals surface area (Å²) < 4.78 is 0. The minimum atomic E-state index is 1.25. The van der Waals surface area contributed by atoms with Crippen molar-refractivity contribution < 1.29 is 0 Å². The molecule has 0 saturated heterocycles. The second-order valence-corrected chi connectivity index (χ2v) is 0.943. The van der Waals surface area contributed by atoms with Crippen LogP contribution in [0.2, 0.25) is 0 Å². The average Bonchev–Trinajstić information content (AvgIpc) is 1.39. The molecule has 0 aliphatic rings. The summed E-state index contributed by atoms with van der Waals surface area (Å²) in [7, 11) is 0. The summed E-state index contributed by atoms with van der Waals surface area (Å²) in [6, 6.07) is 0. The Morgan fingerprint density at radius 1 is 1.67 bits per heavy atom. The zero-order chi connectivity index (χ0) is 5.41. The second-order valence-electron chi connectivity index (χ2n) is 0.943. The van der Waals surface area contributed by atoms with Gasteiger partial charge < -0.3 is 5.73 Å². The van der Waals surface area contributed by atoms with Gasteiger partial charge >= 0.3 is 0 Å². The largest absolute Gasteiger partial charge is 0.405 e. The van der Waals surface area contributed by atoms with E-state index < -0.39 is 0 Å². The Labute approximate surface area is 39.9 Å². The first kappa shape index (κ1) is 9.11. The number of hydrogen-bond acceptors (Lipinski definition) is 1. The van der Waals surface area contributed by atoms with E-state index in [1.165, 1.54) is 12.6 Å². The summed E-state index contributed by atoms with van der Waals surface area (Å²) >= 11 is 0. The van der Waals surface area contributed by atoms with E-state index in [4.69, 9.17) is 0 Å². The van der Waals surface area contributed by atoms with Crippen molar-refractivity contribution in [3.63, 3.8) is 0 Å². The summed E-state index contributed by atoms with van der Waals surface area (Å²) in [6.45, 7) is 7.39. The lowest BCUT2D eigenvalue weighted by atomic mass is 10.6. The van der Waals surface area contributed by atoms with E-state index in [0.717, 1.165) is 0 Å². The van der Waals surface area contributed by atoms with Crippen LogP contribution in [0.3, 0.4) is 0 Å². The van der Waals surface area contributed by atoms with E-state index >= 15 is 0 Å². The third-order valence-corrected chi connectivity index (χ3v) is 0. The van der Waals surface area contributed by atoms with Gasteiger partial charge in [0.15, 0.2) is 0 Å². The average molecular weight is 87.2 g/mol. The van der Waals surface area contributed by atoms with E-state index in [-0.39, 0.29) is 0 Å². The fraction of sp³-hybridized carbons (Fsp3) is 0.600. The fourth-order valence-corrected chi connectivity index (χ4v) is 0. The third kappa shape index (κ3) is 108. The van der Waals surface area contributed by atoms with Gasteiger partial charge in [-0.2, -0.15) is 0 Å². The molecule has 0 saturated carbocycles. The van der Waals surface area contributed by atoms with Crippen LogP contribution in [0.25, 0.3) is 0 Å². The highest BCUT2D eigenvalue weighted by Gasteiger charge is 1.35. The van der Waals surface area contributed by atoms with Crippen molar-refractivity contribution in [2.45, 2.75) is 20.3 Å². The minimum Gasteiger partial charge on any atom is -0.405 e. The predicted octanol–water partition coefficient (Wildman–Crippen LogP) is 1.50. The molecule has 0 aliphatic heterocycles. The normalized spacial score (nSPS) is 5.00. The molecule has 0 bridgehead atoms. The summed E-state index contributed by atoms with van der Waals surface area (Å²) in [6.07, 6.45) is 2.50. The summed E-state index contributed by atoms with van der Waals surface area (Å²) in [5, 5.41) is 0. The molecule has 0 aromatic carbocycles. The van der Waals surface area contributed by atoms with Crippen LogP contribution in [0.5, 0.6) is 0 Å². The van der Waals surface area contributed by atoms with Crippen LogP contribution in [0.4, 0.5) is 0 Å². The maximum absolute atomic E-state index is 4.61. The van der Waals surface area contributed by atoms with Gasteiger partial charge in [0.05, 0.1) is 0 Å². The van der Waals surface area contributed by atoms with Crippen molar-refractivity contribution in [2.75, 3.05) is 0 Å². The fourth-order valence-electron chi connectivity index (χ4n) is 0. The zero-order valence-electron chi connectivity index (χ0n) is 4.57. The Morgan fingerprint density at radius 3 is 1.67 bits per heavy atom. The van der Waals surface area contributed by atoms with E-state index in [0.29, 0.717) is 0 Å². The Kier molecular flexibility index (Phi) is 36.4. The van der Waals surface area contributed by atoms with Crippen molar-refractivity contribution in [1.29, 1.82) is 0 Å². The quantitative estimate of drug-likeness (QED) is 0.476. The molecule has 2 N–H and O–H groups in total. The number of rotatable bonds is 0. The molecular weight excluding hydrogens is 74.1 g/mol. The van der Waals surface area contributed by atoms with Crippen molar-refractivity contribution in [3.05, 3.63) is 12.8 Å². The molecule has 38 valence electrons. The summed E-state index contributed by atoms with van der Waals surface area (Å²) in [5.41, 5.74) is 4.61. The molecule has 0 heterocycles. The van der Waals surface area contributed by atoms with Crippen LogP contribution < -0.4 is 5.73 Å². The molecule has 0 rings (SSSR count). The first-order valence-corrected chi connectivity index (χ1v) is 2.16. The van der Waals surface area contributed by atoms with Gasteiger partial charge in [-0.15, -0.1) is 0 Å². The van der Waals surface area contributed by atoms with Crippen LogP contribution >= 0.6 is 0 Å². The lowest BCUT2D eigenvalue weighted by Crippen LogP contribution is -1.67. The predicted molar refractivity (Wildman–Crippen MR) is 30.3 cm³/mol. The number of nitrogens with two attached hydrogens (primary N) is 1. The highest BCUT2D eigenvalue weighted by Crippen LogP contribution is 1.56. The molecule has 0 aromatic rings. The van der Waals surface area contributed by atoms with Gasteiger partial charge in [0.1, 0.15) is 0 Å². The first-order valence-electron chi connectivity index (χ1n) is 2.16. The molecule has 0 aromatic heterocycles. The van der Waals surface area contributed by atoms with E-state index in [2.05, 4.69) is 26.2 Å². The van der Waals surface area contributed by atoms with E-state index in [9.17, 15) is 0 Å². The smallest absolute Gasteiger partial charge is 0.0136 e. The maximum Gasteiger partial charge on any atom is -0.0136 e. The van der Waals surface area contributed by atoms with Crippen LogP contribution in [-0.4, -0.2) is 0 Å². The van der Waals surface area contributed by atoms with E-state index in [1.54, 1.807) is 0 Å². The van der Waals surface area contributed by atoms with Crippen LogP contribution in [0, 0.1) is 0 Å². The van der Waals surface area contributed by atoms with Gasteiger partial charge in [0.25, 0.3) is 0 Å². The summed E-state index contributed by atoms with van der Waals surface area (Å²) in [4.78, 5) is 0. The van der Waals surface area contributed by atoms with Crippen molar-refractivity contribution in [3.8, 4) is 0 Å². The Morgan fingerprint density at radius 2 is 1.67 bits per heavy atom. The van der Waals surface area contributed by atoms with Gasteiger partial charge in [0, 0.05) is 0 Å². The molecule has 0 amide bonds. The lowest BCUT2D eigenvalue weighted by Gasteiger charge is -1.48. The molecule has 0 fully saturated rings. The zero-order valence-corrected chi connectivity index (χ0v) is 4.57. The maximum atomic E-state index is 4.61. The van der Waals surface area contributed by atoms with Crippen LogP contribution in [0.1, 0.15) is 20.3 Å². The highest BCUT2D eigenvalue weighted by atomic mass is 14.5. The van der Waals surface area contributed by atoms with E-state index in [1.807, 2.05) is 0 Å². The standard InChI is InChI=1S/C3H8.C2H5N/c1-3-2;1-2-3/h3H2,1-2H3;2H,1,3H2. The van der Waals surface area contributed by atoms with Gasteiger partial charge in [-0.1, -0.05) is 26.8 Å². The minimum absolute atomic E-state index is 1.25. The lowest BCUT2D eigenvalue weighted by molar-refractivity contribution is 1.09. The van der Waals surface area contributed by atoms with Crippen molar-refractivity contribution in [2.24, 2.45) is 5.73 Å². The molecule has 0 aliphatic carbocycles. The highest BCUT2D eigenvalue weighted by molar-refractivity contribution is 4.48. The number of hydrogen-bond donors (Lipinski definition) is 1. The molecule has 0 radical (unpaired) electrons. The SMILES string of the molecule is C=CN.CCC. The topological polar surface area (TPSA) is 26.0 Å². The van der Waals surface area contributed by atoms with Gasteiger partial charge in [-0.05, 0) is 6.20 Å². The molecule has 0 spiro atoms. The van der Waals surface area contributed by atoms with Crippen molar-refractivity contribution in [1.82, 2.24) is 0 Å². The molecule has 1 heteroatoms. The Bertz CT molecular complexity index is 17.9. The van der Waals surface area contributed by atoms with Gasteiger partial charge in [-0.3, -0.25) is 0 Å². The van der Waals surface area contributed by atoms with Gasteiger partial charge in [-0.25, -0.2) is 0 Å². The van der Waals surface area contributed by atoms with Crippen molar-refractivity contribution >= 4 is 0 Å². The molecule has 0 atom stereocenters. The molecule has 1 nitrogen and oxygen atoms in total. The third-order valence-electron chi connectivity index (χ3n) is 0. The van der Waals surface area contributed by atoms with Crippen LogP contribution in [-0.2, 0) is 0 Å². The summed E-state index contributed by atoms with van der Waals surface area (Å²) in [5.74, 6) is 0. The monoisotopic (exact) mass is 87.1 g/mol. The van der Waals surface area contributed by atoms with Gasteiger partial charge in [0.2, 0.25) is 0 Å². The molecule has 0 unspecified atom stereocenters. The Hall–Kier alpha value is -0.460. The molecular formula is C5H13N.